The average molecular weight is 216 g/mol. The summed E-state index contributed by atoms with van der Waals surface area (Å²) in [4.78, 5) is 43.2. The molecule has 0 saturated heterocycles. The third-order valence-corrected chi connectivity index (χ3v) is 4.47. The van der Waals surface area contributed by atoms with Crippen LogP contribution in [0.25, 0.3) is 0 Å². The van der Waals surface area contributed by atoms with Gasteiger partial charge in [0.25, 0.3) is 0 Å². The first kappa shape index (κ1) is 12.2. The van der Waals surface area contributed by atoms with Gasteiger partial charge in [0, 0.05) is 5.54 Å². The van der Waals surface area contributed by atoms with E-state index in [1.165, 1.54) is 6.92 Å². The van der Waals surface area contributed by atoms with E-state index in [1.54, 1.807) is 0 Å². The Morgan fingerprint density at radius 2 is 1.75 bits per heavy atom. The molecule has 74 valence electrons. The molecule has 0 spiro atoms. The highest BCUT2D eigenvalue weighted by molar-refractivity contribution is 7.51. The summed E-state index contributed by atoms with van der Waals surface area (Å²) in [7, 11) is -8.67. The molecule has 1 atom stereocenters. The fraction of sp³-hybridized carbons (Fsp3) is 1.00. The molecular weight excluding hydrogens is 203 g/mol. The van der Waals surface area contributed by atoms with Gasteiger partial charge in [-0.2, -0.15) is 0 Å². The Labute approximate surface area is 71.0 Å². The molecule has 0 aromatic carbocycles. The molecule has 0 radical (unpaired) electrons. The highest BCUT2D eigenvalue weighted by Crippen LogP contribution is 2.41. The molecule has 0 heterocycles. The normalized spacial score (nSPS) is 16.2. The summed E-state index contributed by atoms with van der Waals surface area (Å²) in [6.45, 7) is 1.52. The van der Waals surface area contributed by atoms with Crippen LogP contribution in [-0.2, 0) is 4.57 Å². The van der Waals surface area contributed by atoms with Crippen LogP contribution < -0.4 is 0 Å². The van der Waals surface area contributed by atoms with Gasteiger partial charge < -0.3 is 24.2 Å². The standard InChI is InChI=1S/C4H13O6PSi/c1-2-4(12(8,9)10)3-11(5,6)7/h4,8-10H,2-3H2,1H3,(H2,5,6,7). The van der Waals surface area contributed by atoms with E-state index in [0.717, 1.165) is 0 Å². The Kier molecular flexibility index (Phi) is 4.05. The smallest absolute Gasteiger partial charge is 0.390 e. The Morgan fingerprint density at radius 1 is 1.33 bits per heavy atom. The van der Waals surface area contributed by atoms with Gasteiger partial charge in [-0.3, -0.25) is 4.57 Å². The molecule has 0 aromatic heterocycles. The number of hydrogen-bond donors (Lipinski definition) is 5. The van der Waals surface area contributed by atoms with Gasteiger partial charge in [0.05, 0.1) is 6.16 Å². The summed E-state index contributed by atoms with van der Waals surface area (Å²) in [5, 5.41) is 0. The lowest BCUT2D eigenvalue weighted by molar-refractivity contribution is 0.209. The van der Waals surface area contributed by atoms with Crippen molar-refractivity contribution in [1.82, 2.24) is 0 Å². The van der Waals surface area contributed by atoms with Crippen molar-refractivity contribution in [2.75, 3.05) is 6.16 Å². The molecule has 0 saturated carbocycles. The third kappa shape index (κ3) is 4.99. The molecule has 0 aliphatic rings. The van der Waals surface area contributed by atoms with Crippen LogP contribution in [0.3, 0.4) is 0 Å². The second-order valence-electron chi connectivity index (χ2n) is 2.64. The lowest BCUT2D eigenvalue weighted by Crippen LogP contribution is -2.42. The third-order valence-electron chi connectivity index (χ3n) is 1.50. The molecular formula is C4H13O6PSi. The Balaban J connectivity index is 4.30. The zero-order valence-electron chi connectivity index (χ0n) is 6.58. The van der Waals surface area contributed by atoms with Crippen LogP contribution in [0.5, 0.6) is 0 Å². The summed E-state index contributed by atoms with van der Waals surface area (Å²) in [5.41, 5.74) is -1.10. The van der Waals surface area contributed by atoms with Crippen molar-refractivity contribution in [3.8, 4) is 0 Å². The van der Waals surface area contributed by atoms with Gasteiger partial charge in [0.15, 0.2) is 0 Å². The minimum atomic E-state index is -4.39. The van der Waals surface area contributed by atoms with E-state index in [4.69, 9.17) is 24.2 Å². The zero-order chi connectivity index (χ0) is 9.99. The molecule has 8 heteroatoms. The van der Waals surface area contributed by atoms with E-state index in [2.05, 4.69) is 0 Å². The van der Waals surface area contributed by atoms with Crippen LogP contribution in [0.2, 0.25) is 5.54 Å². The van der Waals surface area contributed by atoms with Gasteiger partial charge in [-0.25, -0.2) is 0 Å². The molecule has 12 heavy (non-hydrogen) atoms. The van der Waals surface area contributed by atoms with Crippen molar-refractivity contribution in [2.24, 2.45) is 0 Å². The first-order valence-corrected chi connectivity index (χ1v) is 7.10. The Bertz CT molecular complexity index is 182. The molecule has 1 unspecified atom stereocenters. The first-order chi connectivity index (χ1) is 5.17. The topological polar surface area (TPSA) is 118 Å². The molecule has 0 aliphatic heterocycles. The Morgan fingerprint density at radius 3 is 1.83 bits per heavy atom. The van der Waals surface area contributed by atoms with Crippen LogP contribution >= 0.6 is 7.60 Å². The maximum Gasteiger partial charge on any atom is 0.496 e. The SMILES string of the molecule is CCC(CP(=O)(O)O)[Si](O)(O)O. The zero-order valence-corrected chi connectivity index (χ0v) is 8.48. The predicted molar refractivity (Wildman–Crippen MR) is 43.4 cm³/mol. The van der Waals surface area contributed by atoms with E-state index < -0.39 is 28.1 Å². The summed E-state index contributed by atoms with van der Waals surface area (Å²) in [5.74, 6) is 0. The minimum Gasteiger partial charge on any atom is -0.390 e. The van der Waals surface area contributed by atoms with Crippen molar-refractivity contribution < 1.29 is 28.7 Å². The summed E-state index contributed by atoms with van der Waals surface area (Å²) < 4.78 is 10.4. The van der Waals surface area contributed by atoms with Crippen molar-refractivity contribution in [3.05, 3.63) is 0 Å². The second kappa shape index (κ2) is 3.97. The van der Waals surface area contributed by atoms with E-state index in [0.29, 0.717) is 0 Å². The van der Waals surface area contributed by atoms with Crippen LogP contribution in [0.15, 0.2) is 0 Å². The monoisotopic (exact) mass is 216 g/mol. The van der Waals surface area contributed by atoms with Crippen molar-refractivity contribution in [2.45, 2.75) is 18.9 Å². The van der Waals surface area contributed by atoms with Crippen molar-refractivity contribution in [1.29, 1.82) is 0 Å². The highest BCUT2D eigenvalue weighted by atomic mass is 31.2. The average Bonchev–Trinajstić information content (AvgIpc) is 1.78. The molecule has 0 rings (SSSR count). The highest BCUT2D eigenvalue weighted by Gasteiger charge is 2.41. The summed E-state index contributed by atoms with van der Waals surface area (Å²) in [6.07, 6.45) is -0.556. The predicted octanol–water partition coefficient (Wildman–Crippen LogP) is -1.14. The van der Waals surface area contributed by atoms with Gasteiger partial charge in [-0.05, 0) is 6.42 Å². The molecule has 0 aliphatic carbocycles. The largest absolute Gasteiger partial charge is 0.496 e. The van der Waals surface area contributed by atoms with E-state index in [-0.39, 0.29) is 6.42 Å². The van der Waals surface area contributed by atoms with Crippen LogP contribution in [0.1, 0.15) is 13.3 Å². The van der Waals surface area contributed by atoms with E-state index in [1.807, 2.05) is 0 Å². The quantitative estimate of drug-likeness (QED) is 0.299. The molecule has 0 amide bonds. The van der Waals surface area contributed by atoms with E-state index >= 15 is 0 Å². The summed E-state index contributed by atoms with van der Waals surface area (Å²) >= 11 is 0. The number of rotatable bonds is 4. The molecule has 6 nitrogen and oxygen atoms in total. The fourth-order valence-corrected chi connectivity index (χ4v) is 3.89. The molecule has 0 bridgehead atoms. The van der Waals surface area contributed by atoms with Crippen LogP contribution in [-0.4, -0.2) is 39.1 Å². The second-order valence-corrected chi connectivity index (χ2v) is 6.53. The first-order valence-electron chi connectivity index (χ1n) is 3.38. The van der Waals surface area contributed by atoms with Gasteiger partial charge in [0.1, 0.15) is 0 Å². The van der Waals surface area contributed by atoms with Gasteiger partial charge in [-0.15, -0.1) is 0 Å². The molecule has 5 N–H and O–H groups in total. The lowest BCUT2D eigenvalue weighted by Gasteiger charge is -2.20. The van der Waals surface area contributed by atoms with Gasteiger partial charge in [0.2, 0.25) is 0 Å². The summed E-state index contributed by atoms with van der Waals surface area (Å²) in [6, 6.07) is 0. The van der Waals surface area contributed by atoms with Gasteiger partial charge in [-0.1, -0.05) is 6.92 Å². The van der Waals surface area contributed by atoms with Crippen LogP contribution in [0, 0.1) is 0 Å². The van der Waals surface area contributed by atoms with Crippen LogP contribution in [0.4, 0.5) is 0 Å². The molecule has 0 aromatic rings. The van der Waals surface area contributed by atoms with E-state index in [9.17, 15) is 4.57 Å². The van der Waals surface area contributed by atoms with Gasteiger partial charge >= 0.3 is 16.4 Å². The lowest BCUT2D eigenvalue weighted by atomic mass is 10.4. The van der Waals surface area contributed by atoms with Crippen molar-refractivity contribution >= 4 is 16.4 Å². The minimum absolute atomic E-state index is 0.126. The molecule has 0 fully saturated rings. The van der Waals surface area contributed by atoms with Crippen molar-refractivity contribution in [3.63, 3.8) is 0 Å². The maximum atomic E-state index is 10.4. The number of hydrogen-bond acceptors (Lipinski definition) is 4. The Hall–Kier alpha value is 0.247. The maximum absolute atomic E-state index is 10.4. The fourth-order valence-electron chi connectivity index (χ4n) is 0.813.